The van der Waals surface area contributed by atoms with E-state index in [4.69, 9.17) is 14.2 Å². The van der Waals surface area contributed by atoms with Crippen molar-refractivity contribution < 1.29 is 19.0 Å². The fourth-order valence-electron chi connectivity index (χ4n) is 3.64. The van der Waals surface area contributed by atoms with Gasteiger partial charge >= 0.3 is 0 Å². The smallest absolute Gasteiger partial charge is 0.246 e. The lowest BCUT2D eigenvalue weighted by Crippen LogP contribution is -2.34. The lowest BCUT2D eigenvalue weighted by Gasteiger charge is -2.21. The number of carbonyl (C=O) groups is 1. The van der Waals surface area contributed by atoms with Gasteiger partial charge in [0.2, 0.25) is 5.91 Å². The van der Waals surface area contributed by atoms with Crippen molar-refractivity contribution in [2.45, 2.75) is 13.0 Å². The molecule has 3 rings (SSSR count). The Morgan fingerprint density at radius 2 is 1.60 bits per heavy atom. The molecule has 0 aliphatic carbocycles. The molecule has 0 spiro atoms. The van der Waals surface area contributed by atoms with E-state index in [0.717, 1.165) is 44.7 Å². The molecule has 30 heavy (non-hydrogen) atoms. The lowest BCUT2D eigenvalue weighted by atomic mass is 10.1. The average molecular weight is 411 g/mol. The van der Waals surface area contributed by atoms with Crippen molar-refractivity contribution in [2.75, 3.05) is 47.5 Å². The van der Waals surface area contributed by atoms with E-state index in [1.54, 1.807) is 39.5 Å². The molecule has 0 aromatic heterocycles. The van der Waals surface area contributed by atoms with Gasteiger partial charge in [-0.25, -0.2) is 0 Å². The average Bonchev–Trinajstić information content (AvgIpc) is 3.03. The van der Waals surface area contributed by atoms with Gasteiger partial charge in [0.05, 0.1) is 21.3 Å². The highest BCUT2D eigenvalue weighted by Gasteiger charge is 2.18. The van der Waals surface area contributed by atoms with E-state index in [1.807, 2.05) is 17.0 Å². The fraction of sp³-hybridized carbons (Fsp3) is 0.375. The highest BCUT2D eigenvalue weighted by molar-refractivity contribution is 5.92. The van der Waals surface area contributed by atoms with E-state index in [-0.39, 0.29) is 5.91 Å². The monoisotopic (exact) mass is 410 g/mol. The predicted octanol–water partition coefficient (Wildman–Crippen LogP) is 3.46. The molecule has 2 aromatic rings. The minimum Gasteiger partial charge on any atom is -0.496 e. The van der Waals surface area contributed by atoms with Crippen LogP contribution >= 0.6 is 0 Å². The summed E-state index contributed by atoms with van der Waals surface area (Å²) in [5.41, 5.74) is 2.07. The molecule has 0 bridgehead atoms. The van der Waals surface area contributed by atoms with Crippen molar-refractivity contribution in [1.82, 2.24) is 9.80 Å². The molecule has 0 radical (unpaired) electrons. The first-order valence-corrected chi connectivity index (χ1v) is 10.2. The summed E-state index contributed by atoms with van der Waals surface area (Å²) in [4.78, 5) is 17.1. The first kappa shape index (κ1) is 21.7. The molecule has 0 unspecified atom stereocenters. The highest BCUT2D eigenvalue weighted by Crippen LogP contribution is 2.35. The summed E-state index contributed by atoms with van der Waals surface area (Å²) in [6.07, 6.45) is 4.35. The van der Waals surface area contributed by atoms with E-state index in [2.05, 4.69) is 29.2 Å². The first-order valence-electron chi connectivity index (χ1n) is 10.2. The Balaban J connectivity index is 1.64. The summed E-state index contributed by atoms with van der Waals surface area (Å²) in [5.74, 6) is 1.82. The maximum Gasteiger partial charge on any atom is 0.246 e. The highest BCUT2D eigenvalue weighted by atomic mass is 16.5. The fourth-order valence-corrected chi connectivity index (χ4v) is 3.64. The van der Waals surface area contributed by atoms with Crippen molar-refractivity contribution in [3.8, 4) is 17.2 Å². The van der Waals surface area contributed by atoms with Gasteiger partial charge in [0.25, 0.3) is 0 Å². The number of hydrogen-bond donors (Lipinski definition) is 0. The quantitative estimate of drug-likeness (QED) is 0.655. The Morgan fingerprint density at radius 1 is 0.900 bits per heavy atom. The first-order chi connectivity index (χ1) is 14.6. The number of benzene rings is 2. The molecule has 0 atom stereocenters. The largest absolute Gasteiger partial charge is 0.496 e. The molecule has 0 N–H and O–H groups in total. The second-order valence-corrected chi connectivity index (χ2v) is 7.22. The van der Waals surface area contributed by atoms with Crippen LogP contribution in [0.1, 0.15) is 17.5 Å². The van der Waals surface area contributed by atoms with Gasteiger partial charge in [-0.05, 0) is 24.1 Å². The molecule has 2 aromatic carbocycles. The molecule has 160 valence electrons. The van der Waals surface area contributed by atoms with Crippen LogP contribution in [0, 0.1) is 0 Å². The van der Waals surface area contributed by atoms with Crippen LogP contribution in [-0.4, -0.2) is 63.2 Å². The zero-order valence-corrected chi connectivity index (χ0v) is 18.0. The lowest BCUT2D eigenvalue weighted by molar-refractivity contribution is -0.125. The normalized spacial score (nSPS) is 15.1. The Hall–Kier alpha value is -2.99. The van der Waals surface area contributed by atoms with E-state index in [0.29, 0.717) is 17.2 Å². The third-order valence-electron chi connectivity index (χ3n) is 5.29. The van der Waals surface area contributed by atoms with Gasteiger partial charge in [-0.3, -0.25) is 9.69 Å². The third-order valence-corrected chi connectivity index (χ3v) is 5.29. The van der Waals surface area contributed by atoms with Crippen LogP contribution in [0.3, 0.4) is 0 Å². The van der Waals surface area contributed by atoms with Gasteiger partial charge in [0, 0.05) is 50.4 Å². The van der Waals surface area contributed by atoms with Gasteiger partial charge in [0.15, 0.2) is 11.5 Å². The summed E-state index contributed by atoms with van der Waals surface area (Å²) in [5, 5.41) is 0. The van der Waals surface area contributed by atoms with E-state index >= 15 is 0 Å². The third kappa shape index (κ3) is 5.54. The van der Waals surface area contributed by atoms with Gasteiger partial charge in [0.1, 0.15) is 5.75 Å². The Kier molecular flexibility index (Phi) is 7.74. The van der Waals surface area contributed by atoms with Crippen molar-refractivity contribution >= 4 is 12.0 Å². The molecule has 1 saturated heterocycles. The minimum absolute atomic E-state index is 0.00778. The van der Waals surface area contributed by atoms with Gasteiger partial charge in [-0.15, -0.1) is 0 Å². The van der Waals surface area contributed by atoms with Crippen LogP contribution in [-0.2, 0) is 11.3 Å². The maximum atomic E-state index is 12.8. The minimum atomic E-state index is 0.00778. The summed E-state index contributed by atoms with van der Waals surface area (Å²) in [7, 11) is 4.76. The zero-order valence-electron chi connectivity index (χ0n) is 18.0. The Bertz CT molecular complexity index is 867. The van der Waals surface area contributed by atoms with E-state index < -0.39 is 0 Å². The number of hydrogen-bond acceptors (Lipinski definition) is 5. The Labute approximate surface area is 178 Å². The van der Waals surface area contributed by atoms with Crippen LogP contribution in [0.4, 0.5) is 0 Å². The number of rotatable bonds is 7. The molecule has 1 heterocycles. The molecule has 6 nitrogen and oxygen atoms in total. The number of ether oxygens (including phenoxy) is 3. The summed E-state index contributed by atoms with van der Waals surface area (Å²) in [6, 6.07) is 14.0. The topological polar surface area (TPSA) is 51.2 Å². The SMILES string of the molecule is COc1cc(OC)c(OC)cc1/C=C/C(=O)N1CCCN(Cc2ccccc2)CC1. The summed E-state index contributed by atoms with van der Waals surface area (Å²) >= 11 is 0. The number of carbonyl (C=O) groups excluding carboxylic acids is 1. The number of methoxy groups -OCH3 is 3. The van der Waals surface area contributed by atoms with Crippen LogP contribution in [0.15, 0.2) is 48.5 Å². The Morgan fingerprint density at radius 3 is 2.30 bits per heavy atom. The standard InChI is InChI=1S/C24H30N2O4/c1-28-21-17-23(30-3)22(29-2)16-20(21)10-11-24(27)26-13-7-12-25(14-15-26)18-19-8-5-4-6-9-19/h4-6,8-11,16-17H,7,12-15,18H2,1-3H3/b11-10+. The number of amides is 1. The molecule has 6 heteroatoms. The van der Waals surface area contributed by atoms with Crippen LogP contribution in [0.5, 0.6) is 17.2 Å². The van der Waals surface area contributed by atoms with Crippen LogP contribution < -0.4 is 14.2 Å². The van der Waals surface area contributed by atoms with Crippen LogP contribution in [0.2, 0.25) is 0 Å². The molecular formula is C24H30N2O4. The van der Waals surface area contributed by atoms with Crippen LogP contribution in [0.25, 0.3) is 6.08 Å². The predicted molar refractivity (Wildman–Crippen MR) is 118 cm³/mol. The molecule has 1 amide bonds. The van der Waals surface area contributed by atoms with Gasteiger partial charge in [-0.2, -0.15) is 0 Å². The molecule has 1 aliphatic heterocycles. The molecular weight excluding hydrogens is 380 g/mol. The van der Waals surface area contributed by atoms with Crippen molar-refractivity contribution in [2.24, 2.45) is 0 Å². The second-order valence-electron chi connectivity index (χ2n) is 7.22. The van der Waals surface area contributed by atoms with Gasteiger partial charge < -0.3 is 19.1 Å². The van der Waals surface area contributed by atoms with Crippen molar-refractivity contribution in [3.05, 3.63) is 59.7 Å². The van der Waals surface area contributed by atoms with Gasteiger partial charge in [-0.1, -0.05) is 30.3 Å². The van der Waals surface area contributed by atoms with E-state index in [1.165, 1.54) is 5.56 Å². The second kappa shape index (κ2) is 10.7. The molecule has 1 fully saturated rings. The summed E-state index contributed by atoms with van der Waals surface area (Å²) < 4.78 is 16.1. The van der Waals surface area contributed by atoms with E-state index in [9.17, 15) is 4.79 Å². The zero-order chi connectivity index (χ0) is 21.3. The van der Waals surface area contributed by atoms with Crippen molar-refractivity contribution in [1.29, 1.82) is 0 Å². The molecule has 0 saturated carbocycles. The van der Waals surface area contributed by atoms with Crippen molar-refractivity contribution in [3.63, 3.8) is 0 Å². The molecule has 1 aliphatic rings. The maximum absolute atomic E-state index is 12.8. The number of nitrogens with zero attached hydrogens (tertiary/aromatic N) is 2. The summed E-state index contributed by atoms with van der Waals surface area (Å²) in [6.45, 7) is 4.26.